The van der Waals surface area contributed by atoms with Crippen LogP contribution in [0.2, 0.25) is 0 Å². The number of amides is 1. The van der Waals surface area contributed by atoms with Gasteiger partial charge in [0.2, 0.25) is 5.78 Å². The summed E-state index contributed by atoms with van der Waals surface area (Å²) in [6.45, 7) is 3.08. The highest BCUT2D eigenvalue weighted by atomic mass is 16.6. The van der Waals surface area contributed by atoms with Crippen molar-refractivity contribution in [1.29, 1.82) is 0 Å². The van der Waals surface area contributed by atoms with E-state index in [1.807, 2.05) is 31.2 Å². The molecule has 2 aromatic rings. The zero-order valence-corrected chi connectivity index (χ0v) is 27.3. The van der Waals surface area contributed by atoms with E-state index in [4.69, 9.17) is 9.31 Å². The van der Waals surface area contributed by atoms with Crippen LogP contribution in [-0.2, 0) is 29.3 Å². The molecule has 13 nitrogen and oxygen atoms in total. The lowest BCUT2D eigenvalue weighted by Crippen LogP contribution is -2.72. The second-order valence-corrected chi connectivity index (χ2v) is 14.2. The number of nitrogens with one attached hydrogen (secondary N) is 1. The van der Waals surface area contributed by atoms with E-state index in [-0.39, 0.29) is 28.6 Å². The number of aromatic hydroxyl groups is 1. The van der Waals surface area contributed by atoms with Gasteiger partial charge >= 0.3 is 6.69 Å². The van der Waals surface area contributed by atoms with Gasteiger partial charge in [0.15, 0.2) is 11.4 Å². The first-order valence-electron chi connectivity index (χ1n) is 16.2. The summed E-state index contributed by atoms with van der Waals surface area (Å²) >= 11 is 0. The van der Waals surface area contributed by atoms with E-state index >= 15 is 0 Å². The van der Waals surface area contributed by atoms with Gasteiger partial charge in [-0.05, 0) is 46.0 Å². The molecule has 14 heteroatoms. The number of phenolic OH excluding ortho intramolecular Hbond substituents is 1. The van der Waals surface area contributed by atoms with Crippen LogP contribution in [0.4, 0.5) is 0 Å². The number of likely N-dealkylation sites (N-methyl/N-ethyl adjacent to an activating group) is 1. The number of phenols is 1. The molecule has 5 aliphatic rings. The topological polar surface area (TPSA) is 186 Å². The number of rotatable bonds is 5. The van der Waals surface area contributed by atoms with E-state index in [2.05, 4.69) is 5.32 Å². The quantitative estimate of drug-likeness (QED) is 0.191. The number of carbonyl (C=O) groups excluding carboxylic acids is 3. The monoisotopic (exact) mass is 661 g/mol. The lowest BCUT2D eigenvalue weighted by atomic mass is 9.54. The van der Waals surface area contributed by atoms with Crippen molar-refractivity contribution in [2.45, 2.75) is 37.5 Å². The highest BCUT2D eigenvalue weighted by molar-refractivity contribution is 6.75. The molecular weight excluding hydrogens is 621 g/mol. The minimum Gasteiger partial charge on any atom is -0.508 e. The predicted molar refractivity (Wildman–Crippen MR) is 172 cm³/mol. The van der Waals surface area contributed by atoms with Gasteiger partial charge in [-0.25, -0.2) is 0 Å². The molecular formula is C34H40BN3O10. The summed E-state index contributed by atoms with van der Waals surface area (Å²) in [6.07, 6.45) is -0.215. The highest BCUT2D eigenvalue weighted by Gasteiger charge is 2.67. The van der Waals surface area contributed by atoms with Crippen LogP contribution in [-0.4, -0.2) is 118 Å². The standard InChI is InChI=1S/C34H40BN3O10/c1-18-8-5-6-10-22(18)35-38(12-14-47-35,13-15-48-35)17-36-32(44)26-29(41)27(37(3)4)21-16-20-25(30(42)34(21,46)31(26)43)28(40)24-19(33(20,2)45)9-7-11-23(24)39/h5-11,20-21,27,39-40,43,45-46H,12-17H2,1-4H3,(H,36,44)/t20-,21+,27-,33+,34+,35?,38?/m1/s1. The zero-order chi connectivity index (χ0) is 34.6. The summed E-state index contributed by atoms with van der Waals surface area (Å²) in [5.74, 6) is -7.52. The number of fused-ring (bicyclic) bond motifs is 4. The van der Waals surface area contributed by atoms with Gasteiger partial charge in [0.1, 0.15) is 29.5 Å². The van der Waals surface area contributed by atoms with Crippen LogP contribution < -0.4 is 10.8 Å². The fraction of sp³-hybridized carbons (Fsp3) is 0.441. The molecule has 6 N–H and O–H groups in total. The molecule has 0 bridgehead atoms. The number of quaternary nitrogens is 1. The lowest BCUT2D eigenvalue weighted by Gasteiger charge is -2.53. The molecule has 254 valence electrons. The number of hydrogen-bond donors (Lipinski definition) is 6. The zero-order valence-electron chi connectivity index (χ0n) is 27.3. The van der Waals surface area contributed by atoms with Crippen LogP contribution >= 0.6 is 0 Å². The Morgan fingerprint density at radius 1 is 1.04 bits per heavy atom. The Labute approximate surface area is 277 Å². The lowest BCUT2D eigenvalue weighted by molar-refractivity contribution is -0.822. The molecule has 5 atom stereocenters. The van der Waals surface area contributed by atoms with E-state index < -0.39 is 81.7 Å². The third-order valence-electron chi connectivity index (χ3n) is 11.6. The number of aliphatic hydroxyl groups is 4. The highest BCUT2D eigenvalue weighted by Crippen LogP contribution is 2.57. The van der Waals surface area contributed by atoms with E-state index in [1.165, 1.54) is 30.0 Å². The van der Waals surface area contributed by atoms with E-state index in [1.54, 1.807) is 14.1 Å². The minimum atomic E-state index is -2.80. The number of benzene rings is 2. The third-order valence-corrected chi connectivity index (χ3v) is 11.6. The van der Waals surface area contributed by atoms with Gasteiger partial charge in [0.25, 0.3) is 5.91 Å². The number of aliphatic hydroxyl groups excluding tert-OH is 2. The number of nitrogens with zero attached hydrogens (tertiary/aromatic N) is 2. The maximum Gasteiger partial charge on any atom is 0.504 e. The largest absolute Gasteiger partial charge is 0.508 e. The Kier molecular flexibility index (Phi) is 7.26. The third kappa shape index (κ3) is 4.04. The van der Waals surface area contributed by atoms with Crippen molar-refractivity contribution >= 4 is 35.4 Å². The second-order valence-electron chi connectivity index (χ2n) is 14.2. The van der Waals surface area contributed by atoms with Crippen LogP contribution in [0.15, 0.2) is 59.4 Å². The maximum atomic E-state index is 14.4. The molecule has 48 heavy (non-hydrogen) atoms. The van der Waals surface area contributed by atoms with E-state index in [0.717, 1.165) is 11.0 Å². The first-order valence-corrected chi connectivity index (χ1v) is 16.2. The fourth-order valence-electron chi connectivity index (χ4n) is 9.15. The molecule has 3 aliphatic carbocycles. The van der Waals surface area contributed by atoms with Crippen molar-refractivity contribution in [3.8, 4) is 5.75 Å². The summed E-state index contributed by atoms with van der Waals surface area (Å²) in [6, 6.07) is 10.7. The molecule has 0 radical (unpaired) electrons. The summed E-state index contributed by atoms with van der Waals surface area (Å²) in [5, 5.41) is 60.4. The van der Waals surface area contributed by atoms with Gasteiger partial charge in [-0.15, -0.1) is 0 Å². The summed E-state index contributed by atoms with van der Waals surface area (Å²) in [5.41, 5.74) is -3.95. The number of Topliss-reactive ketones (excluding diaryl/α,β-unsaturated/α-hetero) is 2. The molecule has 0 aromatic heterocycles. The Balaban J connectivity index is 1.29. The van der Waals surface area contributed by atoms with Gasteiger partial charge in [0.05, 0.1) is 43.5 Å². The molecule has 0 unspecified atom stereocenters. The molecule has 2 saturated heterocycles. The summed E-state index contributed by atoms with van der Waals surface area (Å²) in [4.78, 5) is 44.0. The summed E-state index contributed by atoms with van der Waals surface area (Å²) in [7, 11) is 3.11. The molecule has 2 aliphatic heterocycles. The molecule has 3 fully saturated rings. The van der Waals surface area contributed by atoms with E-state index in [0.29, 0.717) is 26.3 Å². The molecule has 0 spiro atoms. The average Bonchev–Trinajstić information content (AvgIpc) is 3.57. The first kappa shape index (κ1) is 32.5. The predicted octanol–water partition coefficient (Wildman–Crippen LogP) is 0.249. The normalized spacial score (nSPS) is 35.8. The van der Waals surface area contributed by atoms with Crippen molar-refractivity contribution in [2.75, 3.05) is 47.1 Å². The number of carbonyl (C=O) groups is 3. The van der Waals surface area contributed by atoms with Crippen molar-refractivity contribution in [3.63, 3.8) is 0 Å². The molecule has 2 aromatic carbocycles. The van der Waals surface area contributed by atoms with Crippen LogP contribution in [0, 0.1) is 18.8 Å². The Morgan fingerprint density at radius 2 is 1.71 bits per heavy atom. The van der Waals surface area contributed by atoms with Crippen molar-refractivity contribution in [3.05, 3.63) is 76.1 Å². The number of ketones is 2. The Hall–Kier alpha value is -4.05. The number of aryl methyl sites for hydroxylation is 1. The van der Waals surface area contributed by atoms with Crippen LogP contribution in [0.5, 0.6) is 5.75 Å². The van der Waals surface area contributed by atoms with Crippen molar-refractivity contribution in [1.82, 2.24) is 10.2 Å². The number of hydrogen-bond acceptors (Lipinski definition) is 11. The van der Waals surface area contributed by atoms with Gasteiger partial charge in [-0.3, -0.25) is 19.3 Å². The van der Waals surface area contributed by atoms with Crippen LogP contribution in [0.3, 0.4) is 0 Å². The maximum absolute atomic E-state index is 14.4. The van der Waals surface area contributed by atoms with Gasteiger partial charge in [-0.1, -0.05) is 47.4 Å². The fourth-order valence-corrected chi connectivity index (χ4v) is 9.15. The Morgan fingerprint density at radius 3 is 2.35 bits per heavy atom. The van der Waals surface area contributed by atoms with Crippen LogP contribution in [0.25, 0.3) is 5.76 Å². The molecule has 1 saturated carbocycles. The molecule has 1 amide bonds. The smallest absolute Gasteiger partial charge is 0.504 e. The van der Waals surface area contributed by atoms with Crippen molar-refractivity contribution in [2.24, 2.45) is 11.8 Å². The SMILES string of the molecule is Cc1ccccc1[B-]12OCC[N+]1(CNC(=O)C1=C(O)[C@@]3(O)C(=O)C4=C(O)c5c(O)cccc5[C@](C)(O)[C@@H]4C[C@H]3[C@@H](N(C)C)C1=O)CCO2. The second kappa shape index (κ2) is 10.7. The van der Waals surface area contributed by atoms with Gasteiger partial charge in [-0.2, -0.15) is 0 Å². The van der Waals surface area contributed by atoms with E-state index in [9.17, 15) is 39.9 Å². The minimum absolute atomic E-state index is 0.0212. The van der Waals surface area contributed by atoms with Gasteiger partial charge in [0, 0.05) is 17.4 Å². The molecule has 7 rings (SSSR count). The summed E-state index contributed by atoms with van der Waals surface area (Å²) < 4.78 is 12.8. The van der Waals surface area contributed by atoms with Crippen molar-refractivity contribution < 1.29 is 53.6 Å². The molecule has 2 heterocycles. The first-order chi connectivity index (χ1) is 22.6. The Bertz CT molecular complexity index is 1830. The van der Waals surface area contributed by atoms with Gasteiger partial charge < -0.3 is 44.6 Å². The van der Waals surface area contributed by atoms with Crippen LogP contribution in [0.1, 0.15) is 30.0 Å². The average molecular weight is 662 g/mol.